The van der Waals surface area contributed by atoms with E-state index in [9.17, 15) is 9.59 Å². The lowest BCUT2D eigenvalue weighted by atomic mass is 10.0. The normalized spacial score (nSPS) is 24.7. The van der Waals surface area contributed by atoms with Gasteiger partial charge in [-0.05, 0) is 51.9 Å². The molecule has 5 N–H and O–H groups in total. The zero-order chi connectivity index (χ0) is 22.3. The molecule has 10 heteroatoms. The fourth-order valence-electron chi connectivity index (χ4n) is 4.29. The average molecular weight is 443 g/mol. The fraction of sp³-hybridized carbons (Fsp3) is 0.636. The van der Waals surface area contributed by atoms with Gasteiger partial charge in [-0.3, -0.25) is 15.6 Å². The standard InChI is InChI=1S/C22H30N6O4/c1-22(6-7-22)26-21(30)32-19(23)14-5-4-13(8-14)16-10-17(28-27-16)25-18(29)9-15-11-31-20(24-15)12-2-3-12/h10-14,19H,2-9,23H2,1H3,(H,26,30)(H2,25,27,28,29)/t13-,14?,19+/m0/s1. The molecule has 0 spiro atoms. The average Bonchev–Trinajstić information content (AvgIpc) is 3.50. The van der Waals surface area contributed by atoms with Crippen molar-refractivity contribution >= 4 is 17.8 Å². The second-order valence-corrected chi connectivity index (χ2v) is 9.71. The lowest BCUT2D eigenvalue weighted by Gasteiger charge is -2.21. The second-order valence-electron chi connectivity index (χ2n) is 9.71. The molecule has 3 atom stereocenters. The summed E-state index contributed by atoms with van der Waals surface area (Å²) in [6.45, 7) is 2.00. The van der Waals surface area contributed by atoms with E-state index in [4.69, 9.17) is 14.9 Å². The number of oxazole rings is 1. The maximum Gasteiger partial charge on any atom is 0.409 e. The molecular formula is C22H30N6O4. The highest BCUT2D eigenvalue weighted by Crippen LogP contribution is 2.40. The summed E-state index contributed by atoms with van der Waals surface area (Å²) in [5.74, 6) is 1.77. The number of nitrogens with one attached hydrogen (secondary N) is 3. The lowest BCUT2D eigenvalue weighted by Crippen LogP contribution is -2.41. The van der Waals surface area contributed by atoms with Crippen LogP contribution in [0.15, 0.2) is 16.7 Å². The Labute approximate surface area is 186 Å². The van der Waals surface area contributed by atoms with Crippen molar-refractivity contribution in [3.05, 3.63) is 29.6 Å². The molecule has 32 heavy (non-hydrogen) atoms. The van der Waals surface area contributed by atoms with Crippen LogP contribution in [0.4, 0.5) is 10.6 Å². The summed E-state index contributed by atoms with van der Waals surface area (Å²) in [5, 5.41) is 12.9. The van der Waals surface area contributed by atoms with Gasteiger partial charge < -0.3 is 19.8 Å². The van der Waals surface area contributed by atoms with Crippen LogP contribution in [0.25, 0.3) is 0 Å². The van der Waals surface area contributed by atoms with Crippen LogP contribution in [0.3, 0.4) is 0 Å². The van der Waals surface area contributed by atoms with Crippen molar-refractivity contribution in [1.82, 2.24) is 20.5 Å². The first kappa shape index (κ1) is 21.0. The summed E-state index contributed by atoms with van der Waals surface area (Å²) in [7, 11) is 0. The van der Waals surface area contributed by atoms with Crippen molar-refractivity contribution in [1.29, 1.82) is 0 Å². The number of rotatable bonds is 8. The molecule has 5 rings (SSSR count). The Bertz CT molecular complexity index is 992. The molecule has 3 aliphatic rings. The van der Waals surface area contributed by atoms with Crippen molar-refractivity contribution in [3.63, 3.8) is 0 Å². The van der Waals surface area contributed by atoms with Crippen molar-refractivity contribution in [3.8, 4) is 0 Å². The summed E-state index contributed by atoms with van der Waals surface area (Å²) in [6.07, 6.45) is 7.37. The lowest BCUT2D eigenvalue weighted by molar-refractivity contribution is -0.115. The van der Waals surface area contributed by atoms with Crippen molar-refractivity contribution in [2.75, 3.05) is 5.32 Å². The van der Waals surface area contributed by atoms with Gasteiger partial charge in [-0.15, -0.1) is 0 Å². The number of aromatic amines is 1. The Morgan fingerprint density at radius 1 is 1.31 bits per heavy atom. The predicted molar refractivity (Wildman–Crippen MR) is 115 cm³/mol. The van der Waals surface area contributed by atoms with Crippen LogP contribution in [0, 0.1) is 5.92 Å². The van der Waals surface area contributed by atoms with Crippen LogP contribution in [-0.2, 0) is 16.0 Å². The Morgan fingerprint density at radius 2 is 2.09 bits per heavy atom. The minimum absolute atomic E-state index is 0.0897. The summed E-state index contributed by atoms with van der Waals surface area (Å²) in [5.41, 5.74) is 7.60. The molecule has 2 aromatic rings. The van der Waals surface area contributed by atoms with E-state index in [-0.39, 0.29) is 29.7 Å². The third kappa shape index (κ3) is 4.95. The zero-order valence-corrected chi connectivity index (χ0v) is 18.2. The van der Waals surface area contributed by atoms with Gasteiger partial charge in [-0.2, -0.15) is 5.10 Å². The van der Waals surface area contributed by atoms with E-state index < -0.39 is 12.3 Å². The summed E-state index contributed by atoms with van der Waals surface area (Å²) < 4.78 is 10.8. The summed E-state index contributed by atoms with van der Waals surface area (Å²) in [6, 6.07) is 1.86. The fourth-order valence-corrected chi connectivity index (χ4v) is 4.29. The number of carbonyl (C=O) groups is 2. The monoisotopic (exact) mass is 442 g/mol. The van der Waals surface area contributed by atoms with Gasteiger partial charge in [0.05, 0.1) is 12.1 Å². The number of hydrogen-bond donors (Lipinski definition) is 4. The SMILES string of the molecule is CC1(NC(=O)O[C@@H](N)C2CC[C@H](c3cc(NC(=O)Cc4coc(C5CC5)n4)n[nH]3)C2)CC1. The molecule has 3 fully saturated rings. The third-order valence-corrected chi connectivity index (χ3v) is 6.73. The van der Waals surface area contributed by atoms with Gasteiger partial charge in [-0.25, -0.2) is 9.78 Å². The molecule has 3 saturated carbocycles. The van der Waals surface area contributed by atoms with E-state index in [2.05, 4.69) is 25.8 Å². The Kier molecular flexibility index (Phi) is 5.40. The largest absolute Gasteiger partial charge is 0.448 e. The van der Waals surface area contributed by atoms with Gasteiger partial charge in [0.15, 0.2) is 17.9 Å². The topological polar surface area (TPSA) is 148 Å². The molecule has 10 nitrogen and oxygen atoms in total. The van der Waals surface area contributed by atoms with Crippen LogP contribution < -0.4 is 16.4 Å². The van der Waals surface area contributed by atoms with E-state index in [1.54, 1.807) is 6.26 Å². The first-order valence-electron chi connectivity index (χ1n) is 11.4. The molecular weight excluding hydrogens is 412 g/mol. The number of aromatic nitrogens is 3. The van der Waals surface area contributed by atoms with E-state index >= 15 is 0 Å². The molecule has 2 aromatic heterocycles. The smallest absolute Gasteiger partial charge is 0.409 e. The van der Waals surface area contributed by atoms with Crippen molar-refractivity contribution in [2.45, 2.75) is 81.9 Å². The van der Waals surface area contributed by atoms with Crippen LogP contribution in [0.1, 0.15) is 81.0 Å². The predicted octanol–water partition coefficient (Wildman–Crippen LogP) is 2.90. The number of ether oxygens (including phenoxy) is 1. The Morgan fingerprint density at radius 3 is 2.84 bits per heavy atom. The van der Waals surface area contributed by atoms with Gasteiger partial charge in [0.2, 0.25) is 5.91 Å². The Balaban J connectivity index is 1.09. The van der Waals surface area contributed by atoms with Crippen LogP contribution >= 0.6 is 0 Å². The van der Waals surface area contributed by atoms with Gasteiger partial charge in [0, 0.05) is 35.1 Å². The first-order chi connectivity index (χ1) is 15.4. The summed E-state index contributed by atoms with van der Waals surface area (Å²) >= 11 is 0. The number of nitrogens with zero attached hydrogens (tertiary/aromatic N) is 2. The van der Waals surface area contributed by atoms with Gasteiger partial charge >= 0.3 is 6.09 Å². The molecule has 0 radical (unpaired) electrons. The quantitative estimate of drug-likeness (QED) is 0.459. The maximum absolute atomic E-state index is 12.3. The van der Waals surface area contributed by atoms with E-state index in [0.717, 1.165) is 56.5 Å². The van der Waals surface area contributed by atoms with Gasteiger partial charge in [-0.1, -0.05) is 0 Å². The number of nitrogens with two attached hydrogens (primary N) is 1. The highest BCUT2D eigenvalue weighted by Gasteiger charge is 2.40. The molecule has 172 valence electrons. The van der Waals surface area contributed by atoms with Crippen molar-refractivity contribution < 1.29 is 18.7 Å². The molecule has 0 saturated heterocycles. The van der Waals surface area contributed by atoms with Crippen LogP contribution in [0.5, 0.6) is 0 Å². The van der Waals surface area contributed by atoms with Crippen molar-refractivity contribution in [2.24, 2.45) is 11.7 Å². The Hall–Kier alpha value is -2.88. The summed E-state index contributed by atoms with van der Waals surface area (Å²) in [4.78, 5) is 28.7. The molecule has 0 aliphatic heterocycles. The van der Waals surface area contributed by atoms with Gasteiger partial charge in [0.1, 0.15) is 6.26 Å². The van der Waals surface area contributed by atoms with Crippen LogP contribution in [0.2, 0.25) is 0 Å². The van der Waals surface area contributed by atoms with E-state index in [1.807, 2.05) is 13.0 Å². The first-order valence-corrected chi connectivity index (χ1v) is 11.4. The molecule has 2 amide bonds. The van der Waals surface area contributed by atoms with E-state index in [0.29, 0.717) is 17.4 Å². The minimum Gasteiger partial charge on any atom is -0.448 e. The number of carbonyl (C=O) groups excluding carboxylic acids is 2. The molecule has 0 bridgehead atoms. The molecule has 3 aliphatic carbocycles. The highest BCUT2D eigenvalue weighted by molar-refractivity contribution is 5.91. The number of alkyl carbamates (subject to hydrolysis) is 1. The number of amides is 2. The molecule has 2 heterocycles. The van der Waals surface area contributed by atoms with E-state index in [1.165, 1.54) is 0 Å². The minimum atomic E-state index is -0.632. The molecule has 1 unspecified atom stereocenters. The number of H-pyrrole nitrogens is 1. The molecule has 0 aromatic carbocycles. The second kappa shape index (κ2) is 8.23. The maximum atomic E-state index is 12.3. The van der Waals surface area contributed by atoms with Gasteiger partial charge in [0.25, 0.3) is 0 Å². The van der Waals surface area contributed by atoms with Crippen LogP contribution in [-0.4, -0.2) is 38.9 Å². The third-order valence-electron chi connectivity index (χ3n) is 6.73. The highest BCUT2D eigenvalue weighted by atomic mass is 16.6. The zero-order valence-electron chi connectivity index (χ0n) is 18.2. The number of hydrogen-bond acceptors (Lipinski definition) is 7. The number of anilines is 1.